The molecule has 3 aromatic rings. The lowest BCUT2D eigenvalue weighted by molar-refractivity contribution is 1.10. The van der Waals surface area contributed by atoms with Gasteiger partial charge in [0, 0.05) is 16.8 Å². The van der Waals surface area contributed by atoms with Crippen molar-refractivity contribution in [2.45, 2.75) is 21.6 Å². The molecule has 22 heavy (non-hydrogen) atoms. The van der Waals surface area contributed by atoms with Gasteiger partial charge in [-0.3, -0.25) is 0 Å². The van der Waals surface area contributed by atoms with Gasteiger partial charge in [0.15, 0.2) is 0 Å². The Labute approximate surface area is 134 Å². The number of fused-ring (bicyclic) bond motifs is 2. The van der Waals surface area contributed by atoms with Crippen LogP contribution in [0.15, 0.2) is 87.5 Å². The quantitative estimate of drug-likeness (QED) is 0.576. The van der Waals surface area contributed by atoms with Crippen LogP contribution in [0.4, 0.5) is 11.4 Å². The maximum Gasteiger partial charge on any atom is 0.0535 e. The lowest BCUT2D eigenvalue weighted by atomic mass is 10.2. The van der Waals surface area contributed by atoms with Crippen molar-refractivity contribution in [3.63, 3.8) is 0 Å². The van der Waals surface area contributed by atoms with Crippen molar-refractivity contribution in [2.24, 2.45) is 0 Å². The van der Waals surface area contributed by atoms with Crippen molar-refractivity contribution < 1.29 is 0 Å². The molecule has 0 aliphatic carbocycles. The first-order valence-electron chi connectivity index (χ1n) is 7.54. The fraction of sp³-hybridized carbons (Fsp3) is 0.100. The summed E-state index contributed by atoms with van der Waals surface area (Å²) in [4.78, 5) is 6.64. The van der Waals surface area contributed by atoms with Crippen molar-refractivity contribution in [3.05, 3.63) is 78.4 Å². The highest BCUT2D eigenvalue weighted by atomic mass is 32.2. The molecule has 1 aliphatic rings. The van der Waals surface area contributed by atoms with E-state index < -0.39 is 10.9 Å². The van der Waals surface area contributed by atoms with Crippen molar-refractivity contribution in [3.8, 4) is 0 Å². The molecule has 0 aromatic heterocycles. The van der Waals surface area contributed by atoms with Crippen LogP contribution in [-0.4, -0.2) is 7.05 Å². The third-order valence-corrected chi connectivity index (χ3v) is 6.79. The largest absolute Gasteiger partial charge is 0.343 e. The third kappa shape index (κ3) is 2.03. The lowest BCUT2D eigenvalue weighted by Gasteiger charge is -2.37. The standard InChI is InChI=1S/C20H19NS/c1-15-11-13-16(14-12-15)22-19-9-5-3-7-17(19)21(2)18-8-4-6-10-20(18)22/h3-14,22H,1-2H3. The van der Waals surface area contributed by atoms with Gasteiger partial charge in [-0.05, 0) is 48.2 Å². The maximum absolute atomic E-state index is 2.32. The average Bonchev–Trinajstić information content (AvgIpc) is 2.57. The molecule has 1 nitrogen and oxygen atoms in total. The Morgan fingerprint density at radius 3 is 1.73 bits per heavy atom. The van der Waals surface area contributed by atoms with Crippen molar-refractivity contribution >= 4 is 22.3 Å². The average molecular weight is 305 g/mol. The molecule has 1 aliphatic heterocycles. The zero-order valence-corrected chi connectivity index (χ0v) is 13.7. The molecule has 0 amide bonds. The van der Waals surface area contributed by atoms with Gasteiger partial charge in [-0.15, -0.1) is 0 Å². The molecule has 0 N–H and O–H groups in total. The summed E-state index contributed by atoms with van der Waals surface area (Å²) in [7, 11) is 1.69. The molecule has 1 heterocycles. The fourth-order valence-corrected chi connectivity index (χ4v) is 5.75. The summed E-state index contributed by atoms with van der Waals surface area (Å²) in [6.45, 7) is 2.15. The van der Waals surface area contributed by atoms with Gasteiger partial charge in [0.1, 0.15) is 0 Å². The molecule has 0 spiro atoms. The molecule has 110 valence electrons. The van der Waals surface area contributed by atoms with Gasteiger partial charge < -0.3 is 4.90 Å². The van der Waals surface area contributed by atoms with E-state index in [0.29, 0.717) is 0 Å². The van der Waals surface area contributed by atoms with Crippen LogP contribution >= 0.6 is 10.9 Å². The number of hydrogen-bond acceptors (Lipinski definition) is 1. The van der Waals surface area contributed by atoms with Gasteiger partial charge in [-0.1, -0.05) is 42.0 Å². The SMILES string of the molecule is Cc1ccc([SH]2c3ccccc3N(C)c3ccccc32)cc1. The molecule has 0 unspecified atom stereocenters. The van der Waals surface area contributed by atoms with Crippen LogP contribution in [0, 0.1) is 6.92 Å². The summed E-state index contributed by atoms with van der Waals surface area (Å²) in [5.41, 5.74) is 3.97. The topological polar surface area (TPSA) is 3.24 Å². The maximum atomic E-state index is 2.32. The van der Waals surface area contributed by atoms with Gasteiger partial charge >= 0.3 is 0 Å². The second-order valence-corrected chi connectivity index (χ2v) is 7.86. The highest BCUT2D eigenvalue weighted by Crippen LogP contribution is 2.61. The van der Waals surface area contributed by atoms with Crippen molar-refractivity contribution in [1.29, 1.82) is 0 Å². The minimum absolute atomic E-state index is 0.479. The fourth-order valence-electron chi connectivity index (χ4n) is 3.11. The molecule has 3 aromatic carbocycles. The number of anilines is 2. The summed E-state index contributed by atoms with van der Waals surface area (Å²) >= 11 is 0. The monoisotopic (exact) mass is 305 g/mol. The van der Waals surface area contributed by atoms with E-state index in [4.69, 9.17) is 0 Å². The van der Waals surface area contributed by atoms with E-state index in [1.165, 1.54) is 31.6 Å². The van der Waals surface area contributed by atoms with Crippen LogP contribution in [0.25, 0.3) is 0 Å². The van der Waals surface area contributed by atoms with Crippen LogP contribution in [0.1, 0.15) is 5.56 Å². The zero-order chi connectivity index (χ0) is 15.1. The number of rotatable bonds is 1. The van der Waals surface area contributed by atoms with Crippen molar-refractivity contribution in [1.82, 2.24) is 0 Å². The minimum Gasteiger partial charge on any atom is -0.343 e. The molecular formula is C20H19NS. The molecule has 2 heteroatoms. The summed E-state index contributed by atoms with van der Waals surface area (Å²) in [6, 6.07) is 26.6. The van der Waals surface area contributed by atoms with E-state index in [2.05, 4.69) is 91.7 Å². The van der Waals surface area contributed by atoms with Crippen molar-refractivity contribution in [2.75, 3.05) is 11.9 Å². The molecule has 0 saturated heterocycles. The predicted octanol–water partition coefficient (Wildman–Crippen LogP) is 5.55. The summed E-state index contributed by atoms with van der Waals surface area (Å²) in [5, 5.41) is 0. The zero-order valence-electron chi connectivity index (χ0n) is 12.8. The molecule has 0 bridgehead atoms. The summed E-state index contributed by atoms with van der Waals surface area (Å²) < 4.78 is 0. The van der Waals surface area contributed by atoms with Gasteiger partial charge in [-0.25, -0.2) is 0 Å². The van der Waals surface area contributed by atoms with Crippen LogP contribution in [-0.2, 0) is 0 Å². The number of benzene rings is 3. The first-order chi connectivity index (χ1) is 10.8. The number of para-hydroxylation sites is 2. The Morgan fingerprint density at radius 2 is 1.18 bits per heavy atom. The predicted molar refractivity (Wildman–Crippen MR) is 95.9 cm³/mol. The summed E-state index contributed by atoms with van der Waals surface area (Å²) in [5.74, 6) is 0. The van der Waals surface area contributed by atoms with Gasteiger partial charge in [0.2, 0.25) is 0 Å². The molecule has 0 atom stereocenters. The Bertz CT molecular complexity index is 776. The van der Waals surface area contributed by atoms with Crippen LogP contribution < -0.4 is 4.90 Å². The van der Waals surface area contributed by atoms with E-state index in [0.717, 1.165) is 0 Å². The minimum atomic E-state index is -0.479. The Morgan fingerprint density at radius 1 is 0.682 bits per heavy atom. The second kappa shape index (κ2) is 5.22. The second-order valence-electron chi connectivity index (χ2n) is 5.71. The van der Waals surface area contributed by atoms with Crippen LogP contribution in [0.5, 0.6) is 0 Å². The Hall–Kier alpha value is -2.19. The number of aryl methyl sites for hydroxylation is 1. The van der Waals surface area contributed by atoms with Crippen LogP contribution in [0.3, 0.4) is 0 Å². The van der Waals surface area contributed by atoms with Crippen LogP contribution in [0.2, 0.25) is 0 Å². The van der Waals surface area contributed by atoms with E-state index in [1.807, 2.05) is 0 Å². The highest BCUT2D eigenvalue weighted by molar-refractivity contribution is 8.17. The van der Waals surface area contributed by atoms with Gasteiger partial charge in [-0.2, -0.15) is 10.9 Å². The van der Waals surface area contributed by atoms with E-state index >= 15 is 0 Å². The Balaban J connectivity index is 1.98. The summed E-state index contributed by atoms with van der Waals surface area (Å²) in [6.07, 6.45) is 0. The molecular weight excluding hydrogens is 286 g/mol. The first kappa shape index (κ1) is 13.5. The van der Waals surface area contributed by atoms with E-state index in [1.54, 1.807) is 0 Å². The van der Waals surface area contributed by atoms with Gasteiger partial charge in [0.25, 0.3) is 0 Å². The van der Waals surface area contributed by atoms with E-state index in [-0.39, 0.29) is 0 Å². The number of hydrogen-bond donors (Lipinski definition) is 1. The molecule has 0 radical (unpaired) electrons. The smallest absolute Gasteiger partial charge is 0.0535 e. The molecule has 4 rings (SSSR count). The highest BCUT2D eigenvalue weighted by Gasteiger charge is 2.26. The first-order valence-corrected chi connectivity index (χ1v) is 8.88. The lowest BCUT2D eigenvalue weighted by Crippen LogP contribution is -2.16. The molecule has 0 fully saturated rings. The van der Waals surface area contributed by atoms with Gasteiger partial charge in [0.05, 0.1) is 11.4 Å². The Kier molecular flexibility index (Phi) is 3.20. The normalized spacial score (nSPS) is 14.5. The number of nitrogens with zero attached hydrogens (tertiary/aromatic N) is 1. The number of thiol groups is 1. The third-order valence-electron chi connectivity index (χ3n) is 4.26. The van der Waals surface area contributed by atoms with E-state index in [9.17, 15) is 0 Å². The molecule has 0 saturated carbocycles.